The Hall–Kier alpha value is -3.20. The fourth-order valence-electron chi connectivity index (χ4n) is 2.12. The molecule has 2 rings (SSSR count). The largest absolute Gasteiger partial charge is 0.478 e. The minimum absolute atomic E-state index is 0.00394. The van der Waals surface area contributed by atoms with Gasteiger partial charge in [-0.3, -0.25) is 14.5 Å². The lowest BCUT2D eigenvalue weighted by Gasteiger charge is -2.15. The number of hydrogen-bond donors (Lipinski definition) is 3. The van der Waals surface area contributed by atoms with Gasteiger partial charge in [-0.25, -0.2) is 9.59 Å². The van der Waals surface area contributed by atoms with Gasteiger partial charge in [0, 0.05) is 6.08 Å². The average Bonchev–Trinajstić information content (AvgIpc) is 2.82. The summed E-state index contributed by atoms with van der Waals surface area (Å²) in [5, 5.41) is 20.5. The third-order valence-corrected chi connectivity index (χ3v) is 3.27. The van der Waals surface area contributed by atoms with Gasteiger partial charge in [-0.05, 0) is 18.2 Å². The second-order valence-electron chi connectivity index (χ2n) is 4.76. The number of aliphatic hydroxyl groups excluding tert-OH is 1. The number of anilines is 1. The molecule has 2 amide bonds. The van der Waals surface area contributed by atoms with E-state index < -0.39 is 23.8 Å². The molecule has 1 aromatic carbocycles. The number of esters is 1. The van der Waals surface area contributed by atoms with E-state index in [1.807, 2.05) is 0 Å². The number of carboxylic acid groups (broad SMARTS) is 1. The first-order chi connectivity index (χ1) is 11.4. The Morgan fingerprint density at radius 2 is 2.00 bits per heavy atom. The van der Waals surface area contributed by atoms with E-state index in [0.29, 0.717) is 0 Å². The number of carboxylic acids is 1. The maximum Gasteiger partial charge on any atom is 0.339 e. The van der Waals surface area contributed by atoms with E-state index in [0.717, 1.165) is 24.2 Å². The van der Waals surface area contributed by atoms with Gasteiger partial charge in [0.15, 0.2) is 0 Å². The zero-order chi connectivity index (χ0) is 17.9. The molecule has 0 fully saturated rings. The summed E-state index contributed by atoms with van der Waals surface area (Å²) in [7, 11) is 1.16. The Bertz CT molecular complexity index is 754. The molecule has 0 aromatic heterocycles. The summed E-state index contributed by atoms with van der Waals surface area (Å²) in [6.45, 7) is -0.557. The maximum atomic E-state index is 12.1. The second kappa shape index (κ2) is 6.92. The van der Waals surface area contributed by atoms with Crippen LogP contribution in [0.4, 0.5) is 5.69 Å². The monoisotopic (exact) mass is 334 g/mol. The molecule has 1 aliphatic heterocycles. The van der Waals surface area contributed by atoms with Gasteiger partial charge in [0.25, 0.3) is 11.8 Å². The minimum Gasteiger partial charge on any atom is -0.478 e. The number of imide groups is 1. The second-order valence-corrected chi connectivity index (χ2v) is 4.76. The number of carbonyl (C=O) groups is 4. The van der Waals surface area contributed by atoms with Crippen LogP contribution in [0.2, 0.25) is 0 Å². The van der Waals surface area contributed by atoms with Gasteiger partial charge in [-0.2, -0.15) is 0 Å². The van der Waals surface area contributed by atoms with Crippen LogP contribution >= 0.6 is 0 Å². The Kier molecular flexibility index (Phi) is 4.95. The van der Waals surface area contributed by atoms with Crippen LogP contribution in [0.5, 0.6) is 0 Å². The highest BCUT2D eigenvalue weighted by molar-refractivity contribution is 6.18. The van der Waals surface area contributed by atoms with Gasteiger partial charge in [-0.15, -0.1) is 0 Å². The van der Waals surface area contributed by atoms with Crippen LogP contribution in [0.3, 0.4) is 0 Å². The van der Waals surface area contributed by atoms with Crippen molar-refractivity contribution in [3.05, 3.63) is 41.1 Å². The smallest absolute Gasteiger partial charge is 0.339 e. The zero-order valence-electron chi connectivity index (χ0n) is 12.6. The highest BCUT2D eigenvalue weighted by Gasteiger charge is 2.31. The number of aromatic carboxylic acids is 1. The topological polar surface area (TPSA) is 133 Å². The van der Waals surface area contributed by atoms with E-state index in [1.54, 1.807) is 0 Å². The molecule has 0 bridgehead atoms. The van der Waals surface area contributed by atoms with Crippen molar-refractivity contribution in [3.8, 4) is 0 Å². The molecule has 126 valence electrons. The number of amides is 2. The summed E-state index contributed by atoms with van der Waals surface area (Å²) < 4.78 is 4.61. The van der Waals surface area contributed by atoms with Crippen molar-refractivity contribution in [2.24, 2.45) is 0 Å². The standard InChI is InChI=1S/C15H14N2O7/c1-24-15(23)9-3-2-8(14(21)22)6-10(9)16-11-7-12(19)17(4-5-18)13(11)20/h2-3,6-7,16,18H,4-5H2,1H3,(H,21,22). The van der Waals surface area contributed by atoms with E-state index in [4.69, 9.17) is 10.2 Å². The molecule has 0 saturated heterocycles. The highest BCUT2D eigenvalue weighted by Crippen LogP contribution is 2.23. The van der Waals surface area contributed by atoms with Crippen molar-refractivity contribution in [1.29, 1.82) is 0 Å². The van der Waals surface area contributed by atoms with Gasteiger partial charge >= 0.3 is 11.9 Å². The van der Waals surface area contributed by atoms with Crippen LogP contribution in [0, 0.1) is 0 Å². The van der Waals surface area contributed by atoms with Gasteiger partial charge in [0.1, 0.15) is 5.70 Å². The Labute approximate surface area is 136 Å². The molecule has 3 N–H and O–H groups in total. The van der Waals surface area contributed by atoms with Crippen molar-refractivity contribution >= 4 is 29.4 Å². The first-order valence-electron chi connectivity index (χ1n) is 6.80. The quantitative estimate of drug-likeness (QED) is 0.482. The SMILES string of the molecule is COC(=O)c1ccc(C(=O)O)cc1NC1=CC(=O)N(CCO)C1=O. The normalized spacial score (nSPS) is 13.8. The minimum atomic E-state index is -1.22. The van der Waals surface area contributed by atoms with Crippen LogP contribution < -0.4 is 5.32 Å². The van der Waals surface area contributed by atoms with E-state index in [9.17, 15) is 19.2 Å². The first-order valence-corrected chi connectivity index (χ1v) is 6.80. The average molecular weight is 334 g/mol. The summed E-state index contributed by atoms with van der Waals surface area (Å²) >= 11 is 0. The van der Waals surface area contributed by atoms with Gasteiger partial charge in [0.05, 0.1) is 37.1 Å². The molecule has 0 spiro atoms. The maximum absolute atomic E-state index is 12.1. The summed E-state index contributed by atoms with van der Waals surface area (Å²) in [6, 6.07) is 3.61. The van der Waals surface area contributed by atoms with Crippen LogP contribution in [0.25, 0.3) is 0 Å². The van der Waals surface area contributed by atoms with E-state index in [1.165, 1.54) is 12.1 Å². The van der Waals surface area contributed by atoms with Gasteiger partial charge in [-0.1, -0.05) is 0 Å². The van der Waals surface area contributed by atoms with Crippen molar-refractivity contribution < 1.29 is 34.1 Å². The molecule has 0 radical (unpaired) electrons. The molecular weight excluding hydrogens is 320 g/mol. The van der Waals surface area contributed by atoms with Crippen LogP contribution in [-0.4, -0.2) is 59.1 Å². The zero-order valence-corrected chi connectivity index (χ0v) is 12.6. The molecule has 1 heterocycles. The molecule has 0 atom stereocenters. The Morgan fingerprint density at radius 3 is 2.58 bits per heavy atom. The van der Waals surface area contributed by atoms with Crippen molar-refractivity contribution in [1.82, 2.24) is 4.90 Å². The summed E-state index contributed by atoms with van der Waals surface area (Å²) in [5.74, 6) is -3.27. The fraction of sp³-hybridized carbons (Fsp3) is 0.200. The number of β-amino-alcohol motifs (C(OH)–C–C–N with tert-alkyl or cyclic N) is 1. The summed E-state index contributed by atoms with van der Waals surface area (Å²) in [4.78, 5) is 47.5. The molecule has 1 aromatic rings. The van der Waals surface area contributed by atoms with Crippen molar-refractivity contribution in [3.63, 3.8) is 0 Å². The van der Waals surface area contributed by atoms with Crippen LogP contribution in [0.15, 0.2) is 30.0 Å². The lowest BCUT2D eigenvalue weighted by molar-refractivity contribution is -0.137. The Balaban J connectivity index is 2.37. The molecule has 0 unspecified atom stereocenters. The van der Waals surface area contributed by atoms with E-state index in [-0.39, 0.29) is 35.7 Å². The number of carbonyl (C=O) groups excluding carboxylic acids is 3. The summed E-state index contributed by atoms with van der Waals surface area (Å²) in [5.41, 5.74) is -0.236. The highest BCUT2D eigenvalue weighted by atomic mass is 16.5. The molecule has 9 heteroatoms. The lowest BCUT2D eigenvalue weighted by atomic mass is 10.1. The van der Waals surface area contributed by atoms with Gasteiger partial charge in [0.2, 0.25) is 0 Å². The number of nitrogens with zero attached hydrogens (tertiary/aromatic N) is 1. The molecule has 0 saturated carbocycles. The van der Waals surface area contributed by atoms with Gasteiger partial charge < -0.3 is 20.3 Å². The third kappa shape index (κ3) is 3.25. The van der Waals surface area contributed by atoms with E-state index in [2.05, 4.69) is 10.1 Å². The third-order valence-electron chi connectivity index (χ3n) is 3.27. The van der Waals surface area contributed by atoms with Crippen molar-refractivity contribution in [2.45, 2.75) is 0 Å². The van der Waals surface area contributed by atoms with Crippen molar-refractivity contribution in [2.75, 3.05) is 25.6 Å². The molecule has 24 heavy (non-hydrogen) atoms. The first kappa shape index (κ1) is 17.2. The number of hydrogen-bond acceptors (Lipinski definition) is 7. The van der Waals surface area contributed by atoms with Crippen LogP contribution in [0.1, 0.15) is 20.7 Å². The predicted molar refractivity (Wildman–Crippen MR) is 80.3 cm³/mol. The molecule has 1 aliphatic rings. The summed E-state index contributed by atoms with van der Waals surface area (Å²) in [6.07, 6.45) is 1.01. The number of aliphatic hydroxyl groups is 1. The molecule has 9 nitrogen and oxygen atoms in total. The number of rotatable bonds is 6. The number of methoxy groups -OCH3 is 1. The molecule has 0 aliphatic carbocycles. The van der Waals surface area contributed by atoms with E-state index >= 15 is 0 Å². The fourth-order valence-corrected chi connectivity index (χ4v) is 2.12. The number of ether oxygens (including phenoxy) is 1. The predicted octanol–water partition coefficient (Wildman–Crippen LogP) is -0.172. The lowest BCUT2D eigenvalue weighted by Crippen LogP contribution is -2.34. The Morgan fingerprint density at radius 1 is 1.29 bits per heavy atom. The molecular formula is C15H14N2O7. The number of benzene rings is 1. The number of nitrogens with one attached hydrogen (secondary N) is 1. The van der Waals surface area contributed by atoms with Crippen LogP contribution in [-0.2, 0) is 14.3 Å².